The maximum absolute atomic E-state index is 12.5. The van der Waals surface area contributed by atoms with E-state index in [-0.39, 0.29) is 12.0 Å². The van der Waals surface area contributed by atoms with Gasteiger partial charge < -0.3 is 14.9 Å². The molecule has 1 N–H and O–H groups in total. The molecule has 2 fully saturated rings. The molecule has 4 rings (SSSR count). The van der Waals surface area contributed by atoms with E-state index >= 15 is 0 Å². The van der Waals surface area contributed by atoms with E-state index < -0.39 is 0 Å². The van der Waals surface area contributed by atoms with Gasteiger partial charge in [0, 0.05) is 25.2 Å². The van der Waals surface area contributed by atoms with Gasteiger partial charge in [-0.1, -0.05) is 37.5 Å². The number of carbonyl (C=O) groups is 1. The second kappa shape index (κ2) is 8.10. The van der Waals surface area contributed by atoms with Crippen LogP contribution in [-0.2, 0) is 6.54 Å². The number of hydrogen-bond donors (Lipinski definition) is 1. The van der Waals surface area contributed by atoms with Crippen molar-refractivity contribution in [2.45, 2.75) is 57.6 Å². The molecule has 1 saturated carbocycles. The van der Waals surface area contributed by atoms with Gasteiger partial charge in [-0.3, -0.25) is 4.79 Å². The van der Waals surface area contributed by atoms with E-state index in [1.54, 1.807) is 0 Å². The molecule has 1 aromatic carbocycles. The van der Waals surface area contributed by atoms with Crippen molar-refractivity contribution in [2.24, 2.45) is 11.8 Å². The summed E-state index contributed by atoms with van der Waals surface area (Å²) in [4.78, 5) is 17.0. The first-order chi connectivity index (χ1) is 12.7. The number of aliphatic hydroxyl groups is 1. The Labute approximate surface area is 157 Å². The zero-order valence-corrected chi connectivity index (χ0v) is 15.8. The largest absolute Gasteiger partial charge is 0.392 e. The van der Waals surface area contributed by atoms with Crippen molar-refractivity contribution in [3.63, 3.8) is 0 Å². The molecule has 4 heteroatoms. The summed E-state index contributed by atoms with van der Waals surface area (Å²) in [5.74, 6) is 1.31. The average Bonchev–Trinajstić information content (AvgIpc) is 3.00. The minimum atomic E-state index is -0.151. The molecule has 3 aliphatic rings. The van der Waals surface area contributed by atoms with Crippen LogP contribution in [0.5, 0.6) is 0 Å². The number of likely N-dealkylation sites (tertiary alicyclic amines) is 1. The summed E-state index contributed by atoms with van der Waals surface area (Å²) in [7, 11) is 0. The molecule has 1 saturated heterocycles. The lowest BCUT2D eigenvalue weighted by Gasteiger charge is -2.36. The van der Waals surface area contributed by atoms with Gasteiger partial charge in [0.05, 0.1) is 6.10 Å². The molecule has 26 heavy (non-hydrogen) atoms. The molecular weight excluding hydrogens is 324 g/mol. The minimum Gasteiger partial charge on any atom is -0.392 e. The van der Waals surface area contributed by atoms with Crippen LogP contribution in [0.3, 0.4) is 0 Å². The number of β-amino-alcohol motifs (C(OH)–C–C–N with tert-alkyl or cyclic N) is 1. The van der Waals surface area contributed by atoms with Gasteiger partial charge in [0.1, 0.15) is 0 Å². The van der Waals surface area contributed by atoms with Gasteiger partial charge in [-0.15, -0.1) is 0 Å². The molecule has 1 atom stereocenters. The number of fused-ring (bicyclic) bond motifs is 1. The Balaban J connectivity index is 1.22. The van der Waals surface area contributed by atoms with Crippen LogP contribution >= 0.6 is 0 Å². The van der Waals surface area contributed by atoms with E-state index in [2.05, 4.69) is 11.0 Å². The first-order valence-corrected chi connectivity index (χ1v) is 10.5. The molecule has 4 nitrogen and oxygen atoms in total. The van der Waals surface area contributed by atoms with Crippen molar-refractivity contribution < 1.29 is 9.90 Å². The van der Waals surface area contributed by atoms with Gasteiger partial charge in [0.2, 0.25) is 0 Å². The fourth-order valence-electron chi connectivity index (χ4n) is 5.06. The summed E-state index contributed by atoms with van der Waals surface area (Å²) in [6.45, 7) is 4.61. The summed E-state index contributed by atoms with van der Waals surface area (Å²) in [6.07, 6.45) is 8.45. The smallest absolute Gasteiger partial charge is 0.254 e. The van der Waals surface area contributed by atoms with E-state index in [4.69, 9.17) is 0 Å². The lowest BCUT2D eigenvalue weighted by molar-refractivity contribution is 0.0333. The summed E-state index contributed by atoms with van der Waals surface area (Å²) in [5.41, 5.74) is 2.06. The molecule has 142 valence electrons. The molecule has 0 spiro atoms. The summed E-state index contributed by atoms with van der Waals surface area (Å²) in [6, 6.07) is 8.00. The Morgan fingerprint density at radius 2 is 1.77 bits per heavy atom. The Bertz CT molecular complexity index is 618. The Morgan fingerprint density at radius 1 is 1.04 bits per heavy atom. The van der Waals surface area contributed by atoms with Gasteiger partial charge in [-0.05, 0) is 62.2 Å². The molecule has 0 bridgehead atoms. The van der Waals surface area contributed by atoms with Gasteiger partial charge in [0.15, 0.2) is 0 Å². The third-order valence-corrected chi connectivity index (χ3v) is 6.72. The zero-order valence-electron chi connectivity index (χ0n) is 15.8. The maximum Gasteiger partial charge on any atom is 0.254 e. The van der Waals surface area contributed by atoms with E-state index in [9.17, 15) is 9.90 Å². The third-order valence-electron chi connectivity index (χ3n) is 6.72. The highest BCUT2D eigenvalue weighted by Crippen LogP contribution is 2.29. The van der Waals surface area contributed by atoms with Crippen LogP contribution in [-0.4, -0.2) is 53.1 Å². The number of amides is 1. The van der Waals surface area contributed by atoms with Gasteiger partial charge in [-0.2, -0.15) is 0 Å². The van der Waals surface area contributed by atoms with Crippen LogP contribution in [0, 0.1) is 11.8 Å². The summed E-state index contributed by atoms with van der Waals surface area (Å²) in [5, 5.41) is 10.6. The van der Waals surface area contributed by atoms with Gasteiger partial charge in [0.25, 0.3) is 5.91 Å². The van der Waals surface area contributed by atoms with Crippen LogP contribution in [0.1, 0.15) is 60.9 Å². The summed E-state index contributed by atoms with van der Waals surface area (Å²) >= 11 is 0. The topological polar surface area (TPSA) is 43.8 Å². The molecule has 1 amide bonds. The standard InChI is InChI=1S/C22H32N2O2/c25-21(18-6-2-1-3-7-18)16-23-12-10-17(11-13-23)14-24-15-19-8-4-5-9-20(19)22(24)26/h4-5,8-9,17-18,21,25H,1-3,6-7,10-16H2. The van der Waals surface area contributed by atoms with Crippen molar-refractivity contribution in [3.05, 3.63) is 35.4 Å². The number of aliphatic hydroxyl groups excluding tert-OH is 1. The number of piperidine rings is 1. The lowest BCUT2D eigenvalue weighted by Crippen LogP contribution is -2.43. The molecule has 2 heterocycles. The fourth-order valence-corrected chi connectivity index (χ4v) is 5.06. The van der Waals surface area contributed by atoms with Crippen LogP contribution in [0.2, 0.25) is 0 Å². The van der Waals surface area contributed by atoms with Gasteiger partial charge >= 0.3 is 0 Å². The Morgan fingerprint density at radius 3 is 2.50 bits per heavy atom. The quantitative estimate of drug-likeness (QED) is 0.880. The van der Waals surface area contributed by atoms with Crippen molar-refractivity contribution in [1.29, 1.82) is 0 Å². The number of carbonyl (C=O) groups excluding carboxylic acids is 1. The predicted molar refractivity (Wildman–Crippen MR) is 103 cm³/mol. The molecule has 0 radical (unpaired) electrons. The first kappa shape index (κ1) is 18.0. The molecular formula is C22H32N2O2. The predicted octanol–water partition coefficient (Wildman–Crippen LogP) is 3.30. The SMILES string of the molecule is O=C1c2ccccc2CN1CC1CCN(CC(O)C2CCCCC2)CC1. The number of benzene rings is 1. The van der Waals surface area contributed by atoms with Crippen molar-refractivity contribution in [2.75, 3.05) is 26.2 Å². The maximum atomic E-state index is 12.5. The highest BCUT2D eigenvalue weighted by molar-refractivity contribution is 5.98. The van der Waals surface area contributed by atoms with E-state index in [0.717, 1.165) is 51.1 Å². The Kier molecular flexibility index (Phi) is 5.60. The molecule has 1 aromatic rings. The Hall–Kier alpha value is -1.39. The molecule has 0 aromatic heterocycles. The number of rotatable bonds is 5. The van der Waals surface area contributed by atoms with Crippen LogP contribution in [0.4, 0.5) is 0 Å². The molecule has 1 aliphatic carbocycles. The number of hydrogen-bond acceptors (Lipinski definition) is 3. The number of nitrogens with zero attached hydrogens (tertiary/aromatic N) is 2. The normalized spacial score (nSPS) is 24.0. The lowest BCUT2D eigenvalue weighted by atomic mass is 9.85. The van der Waals surface area contributed by atoms with Crippen molar-refractivity contribution in [3.8, 4) is 0 Å². The van der Waals surface area contributed by atoms with E-state index in [1.807, 2.05) is 23.1 Å². The third kappa shape index (κ3) is 3.96. The van der Waals surface area contributed by atoms with E-state index in [0.29, 0.717) is 11.8 Å². The molecule has 2 aliphatic heterocycles. The van der Waals surface area contributed by atoms with Crippen LogP contribution in [0.15, 0.2) is 24.3 Å². The highest BCUT2D eigenvalue weighted by atomic mass is 16.3. The monoisotopic (exact) mass is 356 g/mol. The van der Waals surface area contributed by atoms with Gasteiger partial charge in [-0.25, -0.2) is 0 Å². The summed E-state index contributed by atoms with van der Waals surface area (Å²) < 4.78 is 0. The average molecular weight is 357 g/mol. The first-order valence-electron chi connectivity index (χ1n) is 10.5. The van der Waals surface area contributed by atoms with E-state index in [1.165, 1.54) is 37.7 Å². The minimum absolute atomic E-state index is 0.151. The molecule has 1 unspecified atom stereocenters. The second-order valence-electron chi connectivity index (χ2n) is 8.55. The fraction of sp³-hybridized carbons (Fsp3) is 0.682. The van der Waals surface area contributed by atoms with Crippen molar-refractivity contribution in [1.82, 2.24) is 9.80 Å². The zero-order chi connectivity index (χ0) is 17.9. The van der Waals surface area contributed by atoms with Crippen LogP contribution < -0.4 is 0 Å². The highest BCUT2D eigenvalue weighted by Gasteiger charge is 2.31. The second-order valence-corrected chi connectivity index (χ2v) is 8.55. The van der Waals surface area contributed by atoms with Crippen LogP contribution in [0.25, 0.3) is 0 Å². The van der Waals surface area contributed by atoms with Crippen molar-refractivity contribution >= 4 is 5.91 Å².